The van der Waals surface area contributed by atoms with Gasteiger partial charge in [0.05, 0.1) is 12.8 Å². The van der Waals surface area contributed by atoms with Gasteiger partial charge in [-0.1, -0.05) is 41.9 Å². The van der Waals surface area contributed by atoms with Gasteiger partial charge in [-0.25, -0.2) is 5.43 Å². The van der Waals surface area contributed by atoms with Crippen LogP contribution in [0, 0.1) is 0 Å². The molecular weight excluding hydrogens is 450 g/mol. The fourth-order valence-electron chi connectivity index (χ4n) is 3.90. The fourth-order valence-corrected chi connectivity index (χ4v) is 4.03. The van der Waals surface area contributed by atoms with Gasteiger partial charge in [0.1, 0.15) is 11.3 Å². The van der Waals surface area contributed by atoms with Crippen molar-refractivity contribution in [3.63, 3.8) is 0 Å². The zero-order valence-corrected chi connectivity index (χ0v) is 19.3. The van der Waals surface area contributed by atoms with E-state index in [2.05, 4.69) is 21.2 Å². The quantitative estimate of drug-likeness (QED) is 0.225. The number of para-hydroxylation sites is 1. The highest BCUT2D eigenvalue weighted by atomic mass is 35.5. The summed E-state index contributed by atoms with van der Waals surface area (Å²) in [5.74, 6) is 0.497. The summed E-state index contributed by atoms with van der Waals surface area (Å²) in [6.07, 6.45) is 3.67. The first-order valence-electron chi connectivity index (χ1n) is 10.9. The van der Waals surface area contributed by atoms with Crippen molar-refractivity contribution < 1.29 is 13.9 Å². The third-order valence-corrected chi connectivity index (χ3v) is 5.73. The van der Waals surface area contributed by atoms with Gasteiger partial charge in [-0.05, 0) is 55.0 Å². The number of rotatable bonds is 7. The summed E-state index contributed by atoms with van der Waals surface area (Å²) < 4.78 is 13.3. The van der Waals surface area contributed by atoms with Crippen LogP contribution >= 0.6 is 11.6 Å². The molecule has 0 spiro atoms. The number of halogens is 1. The standard InChI is InChI=1S/C27H22ClN3O3/c1-2-33-22-11-12-25-19(13-22)14-26(34-25)27(32)30-29-15-20-17-31(24-6-4-3-5-23(20)24)16-18-7-9-21(28)10-8-18/h3-15,17H,2,16H2,1H3,(H,30,32)/b29-15+. The third kappa shape index (κ3) is 4.54. The lowest BCUT2D eigenvalue weighted by atomic mass is 10.2. The van der Waals surface area contributed by atoms with Crippen LogP contribution in [0.25, 0.3) is 21.9 Å². The number of ether oxygens (including phenoxy) is 1. The molecule has 0 aliphatic rings. The van der Waals surface area contributed by atoms with Crippen LogP contribution in [0.15, 0.2) is 88.5 Å². The molecule has 0 aliphatic carbocycles. The third-order valence-electron chi connectivity index (χ3n) is 5.48. The lowest BCUT2D eigenvalue weighted by Crippen LogP contribution is -2.16. The van der Waals surface area contributed by atoms with E-state index in [0.29, 0.717) is 23.8 Å². The molecular formula is C27H22ClN3O3. The Morgan fingerprint density at radius 3 is 2.76 bits per heavy atom. The molecule has 3 aromatic carbocycles. The summed E-state index contributed by atoms with van der Waals surface area (Å²) in [5.41, 5.74) is 6.29. The minimum atomic E-state index is -0.421. The van der Waals surface area contributed by atoms with Gasteiger partial charge in [-0.3, -0.25) is 4.79 Å². The zero-order valence-electron chi connectivity index (χ0n) is 18.5. The van der Waals surface area contributed by atoms with Gasteiger partial charge >= 0.3 is 5.91 Å². The average Bonchev–Trinajstić information content (AvgIpc) is 3.42. The highest BCUT2D eigenvalue weighted by molar-refractivity contribution is 6.30. The van der Waals surface area contributed by atoms with E-state index < -0.39 is 5.91 Å². The fraction of sp³-hybridized carbons (Fsp3) is 0.111. The van der Waals surface area contributed by atoms with Crippen LogP contribution in [0.2, 0.25) is 5.02 Å². The van der Waals surface area contributed by atoms with Crippen LogP contribution in [-0.4, -0.2) is 23.3 Å². The molecule has 7 heteroatoms. The Kier molecular flexibility index (Phi) is 6.06. The lowest BCUT2D eigenvalue weighted by molar-refractivity contribution is 0.0929. The van der Waals surface area contributed by atoms with Gasteiger partial charge in [-0.2, -0.15) is 5.10 Å². The molecule has 6 nitrogen and oxygen atoms in total. The number of benzene rings is 3. The van der Waals surface area contributed by atoms with Crippen molar-refractivity contribution >= 4 is 45.6 Å². The molecule has 0 bridgehead atoms. The Morgan fingerprint density at radius 1 is 1.12 bits per heavy atom. The number of carbonyl (C=O) groups is 1. The van der Waals surface area contributed by atoms with E-state index in [0.717, 1.165) is 33.2 Å². The van der Waals surface area contributed by atoms with Crippen molar-refractivity contribution in [2.24, 2.45) is 5.10 Å². The van der Waals surface area contributed by atoms with Crippen LogP contribution < -0.4 is 10.2 Å². The monoisotopic (exact) mass is 471 g/mol. The van der Waals surface area contributed by atoms with E-state index in [4.69, 9.17) is 20.8 Å². The molecule has 5 aromatic rings. The van der Waals surface area contributed by atoms with Crippen LogP contribution in [0.3, 0.4) is 0 Å². The maximum absolute atomic E-state index is 12.6. The number of amides is 1. The number of nitrogens with zero attached hydrogens (tertiary/aromatic N) is 2. The summed E-state index contributed by atoms with van der Waals surface area (Å²) in [6.45, 7) is 3.19. The number of fused-ring (bicyclic) bond motifs is 2. The predicted molar refractivity (Wildman–Crippen MR) is 135 cm³/mol. The second-order valence-electron chi connectivity index (χ2n) is 7.80. The molecule has 34 heavy (non-hydrogen) atoms. The normalized spacial score (nSPS) is 11.5. The summed E-state index contributed by atoms with van der Waals surface area (Å²) in [7, 11) is 0. The van der Waals surface area contributed by atoms with Crippen LogP contribution in [0.1, 0.15) is 28.6 Å². The molecule has 0 atom stereocenters. The Morgan fingerprint density at radius 2 is 1.94 bits per heavy atom. The number of hydrogen-bond donors (Lipinski definition) is 1. The number of hydrogen-bond acceptors (Lipinski definition) is 4. The number of hydrazone groups is 1. The first-order chi connectivity index (χ1) is 16.6. The van der Waals surface area contributed by atoms with Gasteiger partial charge in [0.2, 0.25) is 0 Å². The van der Waals surface area contributed by atoms with Crippen molar-refractivity contribution in [3.05, 3.63) is 101 Å². The largest absolute Gasteiger partial charge is 0.494 e. The average molecular weight is 472 g/mol. The first-order valence-corrected chi connectivity index (χ1v) is 11.3. The molecule has 170 valence electrons. The zero-order chi connectivity index (χ0) is 23.5. The topological polar surface area (TPSA) is 68.8 Å². The summed E-state index contributed by atoms with van der Waals surface area (Å²) >= 11 is 6.01. The van der Waals surface area contributed by atoms with Gasteiger partial charge < -0.3 is 13.7 Å². The van der Waals surface area contributed by atoms with E-state index in [1.54, 1.807) is 18.3 Å². The molecule has 0 radical (unpaired) electrons. The molecule has 0 saturated carbocycles. The second kappa shape index (κ2) is 9.45. The van der Waals surface area contributed by atoms with E-state index in [-0.39, 0.29) is 5.76 Å². The minimum absolute atomic E-state index is 0.186. The summed E-state index contributed by atoms with van der Waals surface area (Å²) in [5, 5.41) is 6.73. The van der Waals surface area contributed by atoms with Crippen LogP contribution in [-0.2, 0) is 6.54 Å². The van der Waals surface area contributed by atoms with Gasteiger partial charge in [0.25, 0.3) is 0 Å². The molecule has 0 fully saturated rings. The summed E-state index contributed by atoms with van der Waals surface area (Å²) in [6, 6.07) is 23.0. The van der Waals surface area contributed by atoms with Crippen LogP contribution in [0.4, 0.5) is 0 Å². The number of aromatic nitrogens is 1. The Hall–Kier alpha value is -4.03. The molecule has 0 unspecified atom stereocenters. The Bertz CT molecular complexity index is 1500. The SMILES string of the molecule is CCOc1ccc2oc(C(=O)N/N=C/c3cn(Cc4ccc(Cl)cc4)c4ccccc34)cc2c1. The van der Waals surface area contributed by atoms with Gasteiger partial charge in [0.15, 0.2) is 5.76 Å². The highest BCUT2D eigenvalue weighted by Gasteiger charge is 2.13. The number of carbonyl (C=O) groups excluding carboxylic acids is 1. The molecule has 1 N–H and O–H groups in total. The maximum atomic E-state index is 12.6. The molecule has 0 aliphatic heterocycles. The maximum Gasteiger partial charge on any atom is 0.307 e. The highest BCUT2D eigenvalue weighted by Crippen LogP contribution is 2.25. The Labute approximate surface area is 201 Å². The van der Waals surface area contributed by atoms with Crippen molar-refractivity contribution in [1.82, 2.24) is 9.99 Å². The van der Waals surface area contributed by atoms with Crippen LogP contribution in [0.5, 0.6) is 5.75 Å². The predicted octanol–water partition coefficient (Wildman–Crippen LogP) is 6.25. The van der Waals surface area contributed by atoms with Gasteiger partial charge in [-0.15, -0.1) is 0 Å². The van der Waals surface area contributed by atoms with Gasteiger partial charge in [0, 0.05) is 39.6 Å². The van der Waals surface area contributed by atoms with Crippen molar-refractivity contribution in [3.8, 4) is 5.75 Å². The van der Waals surface area contributed by atoms with Crippen molar-refractivity contribution in [2.45, 2.75) is 13.5 Å². The molecule has 0 saturated heterocycles. The van der Waals surface area contributed by atoms with E-state index in [9.17, 15) is 4.79 Å². The van der Waals surface area contributed by atoms with Crippen molar-refractivity contribution in [1.29, 1.82) is 0 Å². The second-order valence-corrected chi connectivity index (χ2v) is 8.23. The van der Waals surface area contributed by atoms with E-state index in [1.807, 2.05) is 67.7 Å². The molecule has 1 amide bonds. The van der Waals surface area contributed by atoms with Crippen molar-refractivity contribution in [2.75, 3.05) is 6.61 Å². The molecule has 2 heterocycles. The van der Waals surface area contributed by atoms with E-state index in [1.165, 1.54) is 0 Å². The Balaban J connectivity index is 1.34. The first kappa shape index (κ1) is 21.8. The number of furan rings is 1. The smallest absolute Gasteiger partial charge is 0.307 e. The molecule has 5 rings (SSSR count). The van der Waals surface area contributed by atoms with E-state index >= 15 is 0 Å². The minimum Gasteiger partial charge on any atom is -0.494 e. The number of nitrogens with one attached hydrogen (secondary N) is 1. The summed E-state index contributed by atoms with van der Waals surface area (Å²) in [4.78, 5) is 12.6. The molecule has 2 aromatic heterocycles. The lowest BCUT2D eigenvalue weighted by Gasteiger charge is -2.05.